The SMILES string of the molecule is Cc1nn2c(=O)cc(-c3ccc(NS(=O)(=O)Cc4ccccc4)cc3)[nH]c2c1-c1ccc(Cl)cc1. The summed E-state index contributed by atoms with van der Waals surface area (Å²) in [6.07, 6.45) is 0. The van der Waals surface area contributed by atoms with Gasteiger partial charge in [-0.15, -0.1) is 0 Å². The molecule has 7 nitrogen and oxygen atoms in total. The number of sulfonamides is 1. The van der Waals surface area contributed by atoms with Crippen LogP contribution in [0.5, 0.6) is 0 Å². The van der Waals surface area contributed by atoms with E-state index in [2.05, 4.69) is 14.8 Å². The van der Waals surface area contributed by atoms with Gasteiger partial charge in [-0.3, -0.25) is 9.52 Å². The molecule has 176 valence electrons. The molecule has 5 rings (SSSR count). The van der Waals surface area contributed by atoms with Gasteiger partial charge >= 0.3 is 0 Å². The summed E-state index contributed by atoms with van der Waals surface area (Å²) in [6.45, 7) is 1.85. The Hall–Kier alpha value is -3.88. The van der Waals surface area contributed by atoms with Crippen molar-refractivity contribution in [2.24, 2.45) is 0 Å². The molecule has 0 unspecified atom stereocenters. The Morgan fingerprint density at radius 3 is 2.29 bits per heavy atom. The van der Waals surface area contributed by atoms with Gasteiger partial charge in [0.15, 0.2) is 0 Å². The molecule has 2 aromatic heterocycles. The maximum atomic E-state index is 12.8. The Bertz CT molecular complexity index is 1680. The summed E-state index contributed by atoms with van der Waals surface area (Å²) in [4.78, 5) is 16.1. The van der Waals surface area contributed by atoms with Crippen LogP contribution in [0.1, 0.15) is 11.3 Å². The zero-order valence-corrected chi connectivity index (χ0v) is 20.3. The first-order valence-electron chi connectivity index (χ1n) is 10.8. The van der Waals surface area contributed by atoms with Gasteiger partial charge in [0.25, 0.3) is 5.56 Å². The van der Waals surface area contributed by atoms with Gasteiger partial charge in [-0.05, 0) is 47.9 Å². The molecule has 0 amide bonds. The molecule has 5 aromatic rings. The third-order valence-electron chi connectivity index (χ3n) is 5.59. The molecule has 0 saturated heterocycles. The highest BCUT2D eigenvalue weighted by Crippen LogP contribution is 2.29. The smallest absolute Gasteiger partial charge is 0.274 e. The minimum absolute atomic E-state index is 0.117. The lowest BCUT2D eigenvalue weighted by molar-refractivity contribution is 0.600. The average Bonchev–Trinajstić information content (AvgIpc) is 3.16. The molecule has 2 N–H and O–H groups in total. The van der Waals surface area contributed by atoms with Gasteiger partial charge in [0, 0.05) is 22.3 Å². The normalized spacial score (nSPS) is 11.6. The Labute approximate surface area is 207 Å². The van der Waals surface area contributed by atoms with Crippen LogP contribution in [-0.4, -0.2) is 23.0 Å². The predicted octanol–water partition coefficient (Wildman–Crippen LogP) is 5.26. The Morgan fingerprint density at radius 1 is 0.943 bits per heavy atom. The molecular weight excluding hydrogens is 484 g/mol. The summed E-state index contributed by atoms with van der Waals surface area (Å²) < 4.78 is 29.0. The van der Waals surface area contributed by atoms with Crippen molar-refractivity contribution in [3.63, 3.8) is 0 Å². The molecule has 0 aliphatic rings. The summed E-state index contributed by atoms with van der Waals surface area (Å²) in [6, 6.07) is 24.7. The van der Waals surface area contributed by atoms with Gasteiger partial charge in [-0.1, -0.05) is 66.2 Å². The summed E-state index contributed by atoms with van der Waals surface area (Å²) in [5.41, 5.74) is 5.17. The van der Waals surface area contributed by atoms with Crippen LogP contribution in [0.4, 0.5) is 5.69 Å². The molecular formula is C26H21ClN4O3S. The number of rotatable bonds is 6. The zero-order valence-electron chi connectivity index (χ0n) is 18.7. The Kier molecular flexibility index (Phi) is 5.92. The van der Waals surface area contributed by atoms with Crippen molar-refractivity contribution in [2.45, 2.75) is 12.7 Å². The number of hydrogen-bond acceptors (Lipinski definition) is 4. The van der Waals surface area contributed by atoms with Crippen molar-refractivity contribution < 1.29 is 8.42 Å². The molecule has 9 heteroatoms. The van der Waals surface area contributed by atoms with Crippen LogP contribution < -0.4 is 10.3 Å². The predicted molar refractivity (Wildman–Crippen MR) is 139 cm³/mol. The second-order valence-corrected chi connectivity index (χ2v) is 10.3. The van der Waals surface area contributed by atoms with E-state index >= 15 is 0 Å². The monoisotopic (exact) mass is 504 g/mol. The van der Waals surface area contributed by atoms with Crippen LogP contribution in [0.2, 0.25) is 5.02 Å². The lowest BCUT2D eigenvalue weighted by Crippen LogP contribution is -2.15. The van der Waals surface area contributed by atoms with E-state index in [9.17, 15) is 13.2 Å². The fourth-order valence-electron chi connectivity index (χ4n) is 4.00. The number of nitrogens with one attached hydrogen (secondary N) is 2. The molecule has 0 atom stereocenters. The second-order valence-electron chi connectivity index (χ2n) is 8.17. The molecule has 0 spiro atoms. The lowest BCUT2D eigenvalue weighted by atomic mass is 10.1. The van der Waals surface area contributed by atoms with Crippen LogP contribution in [0.15, 0.2) is 89.7 Å². The zero-order chi connectivity index (χ0) is 24.6. The standard InChI is InChI=1S/C26H21ClN4O3S/c1-17-25(20-7-11-21(27)12-8-20)26-28-23(15-24(32)31(26)29-17)19-9-13-22(14-10-19)30-35(33,34)16-18-5-3-2-4-6-18/h2-15,28,30H,16H2,1H3. The average molecular weight is 505 g/mol. The first-order chi connectivity index (χ1) is 16.8. The molecule has 3 aromatic carbocycles. The molecule has 0 radical (unpaired) electrons. The van der Waals surface area contributed by atoms with E-state index in [4.69, 9.17) is 11.6 Å². The number of benzene rings is 3. The van der Waals surface area contributed by atoms with Gasteiger partial charge in [-0.25, -0.2) is 8.42 Å². The number of fused-ring (bicyclic) bond motifs is 1. The molecule has 0 saturated carbocycles. The number of H-pyrrole nitrogens is 1. The summed E-state index contributed by atoms with van der Waals surface area (Å²) >= 11 is 6.03. The molecule has 0 aliphatic heterocycles. The quantitative estimate of drug-likeness (QED) is 0.329. The second kappa shape index (κ2) is 9.05. The number of hydrogen-bond donors (Lipinski definition) is 2. The van der Waals surface area contributed by atoms with E-state index < -0.39 is 10.0 Å². The first-order valence-corrected chi connectivity index (χ1v) is 12.9. The number of nitrogens with zero attached hydrogens (tertiary/aromatic N) is 2. The van der Waals surface area contributed by atoms with E-state index in [0.717, 1.165) is 16.7 Å². The van der Waals surface area contributed by atoms with Crippen LogP contribution in [0.3, 0.4) is 0 Å². The third kappa shape index (κ3) is 4.84. The van der Waals surface area contributed by atoms with Crippen molar-refractivity contribution in [1.29, 1.82) is 0 Å². The Balaban J connectivity index is 1.46. The molecule has 35 heavy (non-hydrogen) atoms. The maximum absolute atomic E-state index is 12.8. The minimum Gasteiger partial charge on any atom is -0.339 e. The number of aromatic nitrogens is 3. The summed E-state index contributed by atoms with van der Waals surface area (Å²) in [7, 11) is -3.57. The fraction of sp³-hybridized carbons (Fsp3) is 0.0769. The van der Waals surface area contributed by atoms with E-state index in [1.54, 1.807) is 60.7 Å². The molecule has 0 fully saturated rings. The van der Waals surface area contributed by atoms with Crippen LogP contribution >= 0.6 is 11.6 Å². The Morgan fingerprint density at radius 2 is 1.60 bits per heavy atom. The third-order valence-corrected chi connectivity index (χ3v) is 7.10. The van der Waals surface area contributed by atoms with Crippen molar-refractivity contribution in [3.05, 3.63) is 112 Å². The van der Waals surface area contributed by atoms with Crippen molar-refractivity contribution in [1.82, 2.24) is 14.6 Å². The van der Waals surface area contributed by atoms with Crippen LogP contribution in [0, 0.1) is 6.92 Å². The fourth-order valence-corrected chi connectivity index (χ4v) is 5.32. The lowest BCUT2D eigenvalue weighted by Gasteiger charge is -2.10. The topological polar surface area (TPSA) is 96.3 Å². The number of aromatic amines is 1. The van der Waals surface area contributed by atoms with Crippen LogP contribution in [-0.2, 0) is 15.8 Å². The first kappa shape index (κ1) is 22.9. The maximum Gasteiger partial charge on any atom is 0.274 e. The van der Waals surface area contributed by atoms with Gasteiger partial charge in [-0.2, -0.15) is 9.61 Å². The van der Waals surface area contributed by atoms with Crippen molar-refractivity contribution >= 4 is 33.0 Å². The van der Waals surface area contributed by atoms with Crippen molar-refractivity contribution in [3.8, 4) is 22.4 Å². The number of aryl methyl sites for hydroxylation is 1. The number of anilines is 1. The minimum atomic E-state index is -3.57. The highest BCUT2D eigenvalue weighted by atomic mass is 35.5. The van der Waals surface area contributed by atoms with E-state index in [0.29, 0.717) is 33.3 Å². The van der Waals surface area contributed by atoms with Crippen molar-refractivity contribution in [2.75, 3.05) is 4.72 Å². The highest BCUT2D eigenvalue weighted by Gasteiger charge is 2.16. The van der Waals surface area contributed by atoms with E-state index in [-0.39, 0.29) is 11.3 Å². The largest absolute Gasteiger partial charge is 0.339 e. The number of halogens is 1. The molecule has 0 bridgehead atoms. The summed E-state index contributed by atoms with van der Waals surface area (Å²) in [5.74, 6) is -0.117. The highest BCUT2D eigenvalue weighted by molar-refractivity contribution is 7.91. The van der Waals surface area contributed by atoms with Gasteiger partial charge < -0.3 is 4.98 Å². The van der Waals surface area contributed by atoms with Gasteiger partial charge in [0.1, 0.15) is 5.65 Å². The van der Waals surface area contributed by atoms with E-state index in [1.165, 1.54) is 10.6 Å². The molecule has 2 heterocycles. The van der Waals surface area contributed by atoms with Crippen LogP contribution in [0.25, 0.3) is 28.0 Å². The van der Waals surface area contributed by atoms with Gasteiger partial charge in [0.2, 0.25) is 10.0 Å². The summed E-state index contributed by atoms with van der Waals surface area (Å²) in [5, 5.41) is 5.02. The molecule has 0 aliphatic carbocycles. The van der Waals surface area contributed by atoms with E-state index in [1.807, 2.05) is 25.1 Å². The van der Waals surface area contributed by atoms with Gasteiger partial charge in [0.05, 0.1) is 17.1 Å².